The molecule has 0 N–H and O–H groups in total. The third-order valence-corrected chi connectivity index (χ3v) is 10.5. The van der Waals surface area contributed by atoms with Gasteiger partial charge in [-0.2, -0.15) is 5.26 Å². The van der Waals surface area contributed by atoms with Crippen LogP contribution in [0.25, 0.3) is 0 Å². The molecule has 0 aromatic rings. The summed E-state index contributed by atoms with van der Waals surface area (Å²) < 4.78 is 0. The van der Waals surface area contributed by atoms with Crippen LogP contribution in [0.15, 0.2) is 35.5 Å². The number of rotatable bonds is 3. The fraction of sp³-hybridized carbons (Fsp3) is 0.750. The molecule has 0 saturated heterocycles. The van der Waals surface area contributed by atoms with E-state index in [1.165, 1.54) is 50.5 Å². The second-order valence-electron chi connectivity index (χ2n) is 11.5. The van der Waals surface area contributed by atoms with Crippen LogP contribution in [-0.2, 0) is 0 Å². The van der Waals surface area contributed by atoms with E-state index in [9.17, 15) is 5.26 Å². The largest absolute Gasteiger partial charge is 0.198 e. The van der Waals surface area contributed by atoms with Gasteiger partial charge in [0.15, 0.2) is 0 Å². The molecule has 3 fully saturated rings. The van der Waals surface area contributed by atoms with Crippen LogP contribution >= 0.6 is 0 Å². The zero-order chi connectivity index (χ0) is 21.0. The summed E-state index contributed by atoms with van der Waals surface area (Å²) >= 11 is 0. The molecule has 7 atom stereocenters. The molecule has 3 saturated carbocycles. The van der Waals surface area contributed by atoms with Crippen LogP contribution in [-0.4, -0.2) is 0 Å². The summed E-state index contributed by atoms with van der Waals surface area (Å²) in [7, 11) is 0. The Labute approximate surface area is 179 Å². The third-order valence-electron chi connectivity index (χ3n) is 10.5. The summed E-state index contributed by atoms with van der Waals surface area (Å²) in [6, 6.07) is 2.39. The van der Waals surface area contributed by atoms with E-state index in [1.807, 2.05) is 0 Å². The van der Waals surface area contributed by atoms with Crippen molar-refractivity contribution in [3.63, 3.8) is 0 Å². The molecule has 0 spiro atoms. The molecule has 0 aliphatic heterocycles. The Kier molecular flexibility index (Phi) is 5.16. The lowest BCUT2D eigenvalue weighted by molar-refractivity contribution is -0.0737. The molecule has 1 heteroatoms. The highest BCUT2D eigenvalue weighted by Gasteiger charge is 2.63. The summed E-state index contributed by atoms with van der Waals surface area (Å²) in [4.78, 5) is 0. The van der Waals surface area contributed by atoms with Crippen LogP contribution in [0.4, 0.5) is 0 Å². The zero-order valence-electron chi connectivity index (χ0n) is 19.5. The van der Waals surface area contributed by atoms with Crippen molar-refractivity contribution in [3.05, 3.63) is 35.5 Å². The van der Waals surface area contributed by atoms with E-state index >= 15 is 0 Å². The molecule has 4 rings (SSSR count). The van der Waals surface area contributed by atoms with Crippen molar-refractivity contribution in [1.82, 2.24) is 0 Å². The summed E-state index contributed by atoms with van der Waals surface area (Å²) in [5.41, 5.74) is 5.42. The van der Waals surface area contributed by atoms with Gasteiger partial charge in [-0.15, -0.1) is 0 Å². The smallest absolute Gasteiger partial charge is 0.0666 e. The Bertz CT molecular complexity index is 794. The molecule has 4 aliphatic rings. The van der Waals surface area contributed by atoms with Gasteiger partial charge in [-0.05, 0) is 91.3 Å². The first kappa shape index (κ1) is 21.0. The summed E-state index contributed by atoms with van der Waals surface area (Å²) in [6.45, 7) is 16.8. The Morgan fingerprint density at radius 1 is 1.21 bits per heavy atom. The van der Waals surface area contributed by atoms with E-state index in [4.69, 9.17) is 0 Å². The maximum Gasteiger partial charge on any atom is 0.0666 e. The Balaban J connectivity index is 1.68. The van der Waals surface area contributed by atoms with Crippen molar-refractivity contribution >= 4 is 0 Å². The highest BCUT2D eigenvalue weighted by molar-refractivity contribution is 5.36. The van der Waals surface area contributed by atoms with Crippen LogP contribution in [0.3, 0.4) is 0 Å². The average molecular weight is 392 g/mol. The molecular weight excluding hydrogens is 350 g/mol. The highest BCUT2D eigenvalue weighted by Crippen LogP contribution is 2.72. The van der Waals surface area contributed by atoms with Crippen molar-refractivity contribution in [2.45, 2.75) is 92.4 Å². The first-order valence-corrected chi connectivity index (χ1v) is 12.2. The van der Waals surface area contributed by atoms with Crippen LogP contribution in [0.2, 0.25) is 0 Å². The van der Waals surface area contributed by atoms with Crippen LogP contribution in [0, 0.1) is 51.2 Å². The van der Waals surface area contributed by atoms with Crippen molar-refractivity contribution in [2.75, 3.05) is 0 Å². The number of nitrogens with zero attached hydrogens (tertiary/aromatic N) is 1. The molecule has 0 heterocycles. The van der Waals surface area contributed by atoms with Gasteiger partial charge < -0.3 is 0 Å². The first-order valence-electron chi connectivity index (χ1n) is 12.2. The minimum Gasteiger partial charge on any atom is -0.198 e. The van der Waals surface area contributed by atoms with Gasteiger partial charge in [-0.3, -0.25) is 0 Å². The molecule has 0 radical (unpaired) electrons. The van der Waals surface area contributed by atoms with Crippen LogP contribution < -0.4 is 0 Å². The van der Waals surface area contributed by atoms with Gasteiger partial charge in [-0.25, -0.2) is 0 Å². The Hall–Kier alpha value is -1.29. The normalized spacial score (nSPS) is 47.6. The number of nitriles is 1. The van der Waals surface area contributed by atoms with Gasteiger partial charge in [0.1, 0.15) is 0 Å². The standard InChI is InChI=1S/C28H41N/c1-7-8-21-9-13-26(4)23-10-15-28(6)24(22(23)17-19(2)25(26)18-21)11-14-27(28,5)20(3)12-16-29/h8,18-19,22-24H,3,7,9-15,17H2,1-2,4-6H3/b21-8+. The van der Waals surface area contributed by atoms with Gasteiger partial charge in [0.2, 0.25) is 0 Å². The Morgan fingerprint density at radius 3 is 2.62 bits per heavy atom. The predicted molar refractivity (Wildman–Crippen MR) is 122 cm³/mol. The van der Waals surface area contributed by atoms with E-state index in [0.29, 0.717) is 23.2 Å². The highest BCUT2D eigenvalue weighted by atomic mass is 14.7. The lowest BCUT2D eigenvalue weighted by Crippen LogP contribution is -2.53. The lowest BCUT2D eigenvalue weighted by Gasteiger charge is -2.61. The van der Waals surface area contributed by atoms with E-state index in [0.717, 1.165) is 24.2 Å². The van der Waals surface area contributed by atoms with Crippen molar-refractivity contribution in [3.8, 4) is 6.07 Å². The minimum absolute atomic E-state index is 0.141. The average Bonchev–Trinajstić information content (AvgIpc) is 2.96. The summed E-state index contributed by atoms with van der Waals surface area (Å²) in [5.74, 6) is 3.20. The fourth-order valence-electron chi connectivity index (χ4n) is 8.59. The zero-order valence-corrected chi connectivity index (χ0v) is 19.5. The fourth-order valence-corrected chi connectivity index (χ4v) is 8.59. The maximum atomic E-state index is 9.31. The molecule has 1 nitrogen and oxygen atoms in total. The van der Waals surface area contributed by atoms with Gasteiger partial charge in [0, 0.05) is 0 Å². The van der Waals surface area contributed by atoms with Crippen LogP contribution in [0.1, 0.15) is 92.4 Å². The molecule has 4 aliphatic carbocycles. The van der Waals surface area contributed by atoms with Crippen molar-refractivity contribution in [2.24, 2.45) is 39.9 Å². The number of hydrogen-bond donors (Lipinski definition) is 0. The second-order valence-corrected chi connectivity index (χ2v) is 11.5. The molecule has 0 amide bonds. The van der Waals surface area contributed by atoms with Gasteiger partial charge in [-0.1, -0.05) is 70.1 Å². The predicted octanol–water partition coefficient (Wildman–Crippen LogP) is 8.01. The number of allylic oxidation sites excluding steroid dienone is 5. The van der Waals surface area contributed by atoms with E-state index in [2.05, 4.69) is 59.4 Å². The maximum absolute atomic E-state index is 9.31. The van der Waals surface area contributed by atoms with E-state index < -0.39 is 0 Å². The molecule has 7 unspecified atom stereocenters. The SMILES string of the molecule is C=C(CC#N)C1(C)CCC2C3CC(C)C4=C/C(=C/CC)CCC4(C)C3CCC21C. The van der Waals surface area contributed by atoms with E-state index in [-0.39, 0.29) is 5.41 Å². The topological polar surface area (TPSA) is 23.8 Å². The van der Waals surface area contributed by atoms with Crippen molar-refractivity contribution < 1.29 is 0 Å². The quantitative estimate of drug-likeness (QED) is 0.447. The third kappa shape index (κ3) is 2.85. The molecule has 0 aromatic carbocycles. The van der Waals surface area contributed by atoms with E-state index in [1.54, 1.807) is 11.1 Å². The van der Waals surface area contributed by atoms with Gasteiger partial charge in [0.25, 0.3) is 0 Å². The van der Waals surface area contributed by atoms with Crippen molar-refractivity contribution in [1.29, 1.82) is 5.26 Å². The van der Waals surface area contributed by atoms with Crippen LogP contribution in [0.5, 0.6) is 0 Å². The number of fused-ring (bicyclic) bond motifs is 5. The minimum atomic E-state index is 0.141. The molecule has 0 bridgehead atoms. The summed E-state index contributed by atoms with van der Waals surface area (Å²) in [6.07, 6.45) is 16.0. The summed E-state index contributed by atoms with van der Waals surface area (Å²) in [5, 5.41) is 9.31. The lowest BCUT2D eigenvalue weighted by atomic mass is 9.43. The molecule has 0 aromatic heterocycles. The number of hydrogen-bond acceptors (Lipinski definition) is 1. The Morgan fingerprint density at radius 2 is 1.93 bits per heavy atom. The second kappa shape index (κ2) is 7.14. The van der Waals surface area contributed by atoms with Gasteiger partial charge in [0.05, 0.1) is 12.5 Å². The molecule has 29 heavy (non-hydrogen) atoms. The molecular formula is C28H41N. The van der Waals surface area contributed by atoms with Gasteiger partial charge >= 0.3 is 0 Å². The molecule has 158 valence electrons. The monoisotopic (exact) mass is 391 g/mol. The first-order chi connectivity index (χ1) is 13.7.